The number of alkyl halides is 3. The fraction of sp³-hybridized carbons (Fsp3) is 0.667. The summed E-state index contributed by atoms with van der Waals surface area (Å²) < 4.78 is 37.7. The molecule has 1 fully saturated rings. The summed E-state index contributed by atoms with van der Waals surface area (Å²) >= 11 is 0. The molecule has 0 aliphatic heterocycles. The molecule has 0 aromatic heterocycles. The van der Waals surface area contributed by atoms with Gasteiger partial charge >= 0.3 is 6.18 Å². The van der Waals surface area contributed by atoms with Crippen LogP contribution in [0.5, 0.6) is 0 Å². The molecule has 0 spiro atoms. The number of hydrogen-bond donors (Lipinski definition) is 4. The average molecular weight is 419 g/mol. The third kappa shape index (κ3) is 8.72. The van der Waals surface area contributed by atoms with Gasteiger partial charge in [-0.25, -0.2) is 0 Å². The number of allylic oxidation sites excluding steroid dienone is 3. The molecule has 1 saturated carbocycles. The predicted molar refractivity (Wildman–Crippen MR) is 105 cm³/mol. The summed E-state index contributed by atoms with van der Waals surface area (Å²) in [6, 6.07) is 0. The first-order valence-electron chi connectivity index (χ1n) is 9.80. The normalized spacial score (nSPS) is 25.2. The molecule has 1 rings (SSSR count). The number of aliphatic hydroxyl groups excluding tert-OH is 2. The molecule has 1 aliphatic rings. The minimum atomic E-state index is -4.85. The average Bonchev–Trinajstić information content (AvgIpc) is 2.58. The lowest BCUT2D eigenvalue weighted by Crippen LogP contribution is -2.46. The summed E-state index contributed by atoms with van der Waals surface area (Å²) in [5, 5.41) is 31.2. The van der Waals surface area contributed by atoms with Crippen molar-refractivity contribution in [1.29, 1.82) is 0 Å². The van der Waals surface area contributed by atoms with Gasteiger partial charge < -0.3 is 20.6 Å². The lowest BCUT2D eigenvalue weighted by atomic mass is 9.86. The van der Waals surface area contributed by atoms with Crippen LogP contribution in [0.15, 0.2) is 36.0 Å². The highest BCUT2D eigenvalue weighted by Gasteiger charge is 2.50. The molecular weight excluding hydrogens is 387 g/mol. The first-order chi connectivity index (χ1) is 13.3. The molecule has 0 saturated heterocycles. The number of aliphatic hydroxyl groups is 3. The Bertz CT molecular complexity index is 626. The van der Waals surface area contributed by atoms with E-state index in [4.69, 9.17) is 0 Å². The molecule has 0 radical (unpaired) electrons. The Labute approximate surface area is 170 Å². The van der Waals surface area contributed by atoms with Gasteiger partial charge in [-0.1, -0.05) is 31.7 Å². The fourth-order valence-electron chi connectivity index (χ4n) is 2.99. The Balaban J connectivity index is 2.28. The lowest BCUT2D eigenvalue weighted by molar-refractivity contribution is -0.253. The molecule has 0 aromatic carbocycles. The second kappa shape index (κ2) is 10.9. The molecule has 166 valence electrons. The molecule has 1 amide bonds. The van der Waals surface area contributed by atoms with Crippen LogP contribution >= 0.6 is 0 Å². The van der Waals surface area contributed by atoms with Crippen LogP contribution < -0.4 is 5.32 Å². The number of carbonyl (C=O) groups excluding carboxylic acids is 1. The Morgan fingerprint density at radius 3 is 2.66 bits per heavy atom. The maximum Gasteiger partial charge on any atom is 0.417 e. The van der Waals surface area contributed by atoms with Gasteiger partial charge in [0.25, 0.3) is 0 Å². The number of nitrogens with one attached hydrogen (secondary N) is 1. The van der Waals surface area contributed by atoms with Gasteiger partial charge in [0, 0.05) is 13.0 Å². The minimum Gasteiger partial charge on any atom is -0.393 e. The Kier molecular flexibility index (Phi) is 9.58. The van der Waals surface area contributed by atoms with Crippen LogP contribution in [-0.2, 0) is 4.79 Å². The van der Waals surface area contributed by atoms with Crippen molar-refractivity contribution in [2.75, 3.05) is 6.54 Å². The molecule has 29 heavy (non-hydrogen) atoms. The number of carbonyl (C=O) groups is 1. The first-order valence-corrected chi connectivity index (χ1v) is 9.80. The van der Waals surface area contributed by atoms with E-state index >= 15 is 0 Å². The Morgan fingerprint density at radius 1 is 1.38 bits per heavy atom. The SMILES string of the molecule is C=C1/C(=C\C=C\CCC[C@H](C)CNC(=O)C[C@](C)(O)C(F)(F)F)C[C@@H](O)C[C@@H]1O. The van der Waals surface area contributed by atoms with E-state index in [2.05, 4.69) is 11.9 Å². The van der Waals surface area contributed by atoms with Crippen LogP contribution in [-0.4, -0.2) is 51.8 Å². The molecule has 1 aliphatic carbocycles. The topological polar surface area (TPSA) is 89.8 Å². The van der Waals surface area contributed by atoms with E-state index in [1.165, 1.54) is 0 Å². The van der Waals surface area contributed by atoms with E-state index in [0.717, 1.165) is 24.8 Å². The maximum atomic E-state index is 12.6. The third-order valence-electron chi connectivity index (χ3n) is 5.03. The summed E-state index contributed by atoms with van der Waals surface area (Å²) in [6.07, 6.45) is 1.68. The quantitative estimate of drug-likeness (QED) is 0.432. The summed E-state index contributed by atoms with van der Waals surface area (Å²) in [4.78, 5) is 11.6. The highest BCUT2D eigenvalue weighted by molar-refractivity contribution is 5.77. The monoisotopic (exact) mass is 419 g/mol. The van der Waals surface area contributed by atoms with E-state index in [-0.39, 0.29) is 12.5 Å². The van der Waals surface area contributed by atoms with E-state index in [1.807, 2.05) is 25.2 Å². The zero-order valence-corrected chi connectivity index (χ0v) is 17.0. The van der Waals surface area contributed by atoms with Crippen LogP contribution in [0.25, 0.3) is 0 Å². The summed E-state index contributed by atoms with van der Waals surface area (Å²) in [5.41, 5.74) is -1.57. The Hall–Kier alpha value is -1.64. The summed E-state index contributed by atoms with van der Waals surface area (Å²) in [5.74, 6) is -0.743. The standard InChI is InChI=1S/C21H32F3NO4/c1-14(13-25-19(28)12-20(3,29)21(22,23)24)8-6-4-5-7-9-16-10-17(26)11-18(27)15(16)2/h5,7,9,14,17-18,26-27,29H,2,4,6,8,10-13H2,1,3H3,(H,25,28)/b7-5+,16-9-/t14-,17+,18-,20-/m0/s1. The highest BCUT2D eigenvalue weighted by atomic mass is 19.4. The molecule has 8 heteroatoms. The summed E-state index contributed by atoms with van der Waals surface area (Å²) in [7, 11) is 0. The molecular formula is C21H32F3NO4. The molecule has 0 heterocycles. The first kappa shape index (κ1) is 25.4. The number of halogens is 3. The van der Waals surface area contributed by atoms with Crippen LogP contribution in [0, 0.1) is 5.92 Å². The predicted octanol–water partition coefficient (Wildman–Crippen LogP) is 3.17. The van der Waals surface area contributed by atoms with Crippen molar-refractivity contribution in [3.05, 3.63) is 36.0 Å². The van der Waals surface area contributed by atoms with Gasteiger partial charge in [-0.15, -0.1) is 0 Å². The van der Waals surface area contributed by atoms with Crippen LogP contribution in [0.4, 0.5) is 13.2 Å². The van der Waals surface area contributed by atoms with Crippen LogP contribution in [0.2, 0.25) is 0 Å². The zero-order chi connectivity index (χ0) is 22.2. The van der Waals surface area contributed by atoms with Crippen LogP contribution in [0.1, 0.15) is 52.4 Å². The number of unbranched alkanes of at least 4 members (excludes halogenated alkanes) is 1. The third-order valence-corrected chi connectivity index (χ3v) is 5.03. The van der Waals surface area contributed by atoms with Crippen molar-refractivity contribution in [3.8, 4) is 0 Å². The van der Waals surface area contributed by atoms with Gasteiger partial charge in [0.15, 0.2) is 5.60 Å². The van der Waals surface area contributed by atoms with Gasteiger partial charge in [0.2, 0.25) is 5.91 Å². The molecule has 0 aromatic rings. The van der Waals surface area contributed by atoms with Gasteiger partial charge in [0.1, 0.15) is 0 Å². The van der Waals surface area contributed by atoms with E-state index in [9.17, 15) is 33.3 Å². The number of amides is 1. The lowest BCUT2D eigenvalue weighted by Gasteiger charge is -2.26. The Morgan fingerprint density at radius 2 is 2.03 bits per heavy atom. The molecule has 4 N–H and O–H groups in total. The molecule has 5 nitrogen and oxygen atoms in total. The fourth-order valence-corrected chi connectivity index (χ4v) is 2.99. The van der Waals surface area contributed by atoms with Gasteiger partial charge in [-0.3, -0.25) is 4.79 Å². The molecule has 4 atom stereocenters. The van der Waals surface area contributed by atoms with E-state index in [1.54, 1.807) is 0 Å². The summed E-state index contributed by atoms with van der Waals surface area (Å²) in [6.45, 7) is 6.57. The minimum absolute atomic E-state index is 0.0879. The number of hydrogen-bond acceptors (Lipinski definition) is 4. The smallest absolute Gasteiger partial charge is 0.393 e. The van der Waals surface area contributed by atoms with Crippen molar-refractivity contribution < 1.29 is 33.3 Å². The molecule has 0 bridgehead atoms. The van der Waals surface area contributed by atoms with Crippen molar-refractivity contribution in [3.63, 3.8) is 0 Å². The van der Waals surface area contributed by atoms with E-state index < -0.39 is 36.3 Å². The number of rotatable bonds is 9. The van der Waals surface area contributed by atoms with Crippen molar-refractivity contribution in [1.82, 2.24) is 5.32 Å². The van der Waals surface area contributed by atoms with Gasteiger partial charge in [-0.2, -0.15) is 13.2 Å². The second-order valence-corrected chi connectivity index (χ2v) is 8.04. The van der Waals surface area contributed by atoms with Crippen molar-refractivity contribution in [2.24, 2.45) is 5.92 Å². The van der Waals surface area contributed by atoms with Gasteiger partial charge in [-0.05, 0) is 49.7 Å². The van der Waals surface area contributed by atoms with Crippen molar-refractivity contribution in [2.45, 2.75) is 76.4 Å². The van der Waals surface area contributed by atoms with E-state index in [0.29, 0.717) is 25.3 Å². The second-order valence-electron chi connectivity index (χ2n) is 8.04. The maximum absolute atomic E-state index is 12.6. The van der Waals surface area contributed by atoms with Gasteiger partial charge in [0.05, 0.1) is 18.6 Å². The highest BCUT2D eigenvalue weighted by Crippen LogP contribution is 2.32. The molecule has 0 unspecified atom stereocenters. The zero-order valence-electron chi connectivity index (χ0n) is 17.0. The van der Waals surface area contributed by atoms with Crippen molar-refractivity contribution >= 4 is 5.91 Å². The largest absolute Gasteiger partial charge is 0.417 e. The van der Waals surface area contributed by atoms with Crippen LogP contribution in [0.3, 0.4) is 0 Å².